The number of thiophene rings is 1. The molecule has 0 amide bonds. The Labute approximate surface area is 175 Å². The zero-order valence-corrected chi connectivity index (χ0v) is 18.3. The Morgan fingerprint density at radius 2 is 2.17 bits per heavy atom. The van der Waals surface area contributed by atoms with E-state index in [-0.39, 0.29) is 5.75 Å². The van der Waals surface area contributed by atoms with Crippen molar-refractivity contribution in [3.63, 3.8) is 0 Å². The summed E-state index contributed by atoms with van der Waals surface area (Å²) in [5.41, 5.74) is 6.57. The Balaban J connectivity index is 1.68. The lowest BCUT2D eigenvalue weighted by molar-refractivity contribution is 0.184. The highest BCUT2D eigenvalue weighted by Gasteiger charge is 2.33. The van der Waals surface area contributed by atoms with Crippen LogP contribution in [0, 0.1) is 11.3 Å². The smallest absolute Gasteiger partial charge is 0.158 e. The molecule has 2 aromatic heterocycles. The second-order valence-electron chi connectivity index (χ2n) is 8.55. The highest BCUT2D eigenvalue weighted by atomic mass is 32.1. The van der Waals surface area contributed by atoms with E-state index >= 15 is 0 Å². The molecule has 152 valence electrons. The van der Waals surface area contributed by atoms with Gasteiger partial charge in [0, 0.05) is 10.4 Å². The number of aromatic hydroxyl groups is 1. The highest BCUT2D eigenvalue weighted by molar-refractivity contribution is 7.19. The van der Waals surface area contributed by atoms with E-state index in [4.69, 9.17) is 0 Å². The van der Waals surface area contributed by atoms with Crippen molar-refractivity contribution < 1.29 is 5.11 Å². The molecule has 0 radical (unpaired) electrons. The van der Waals surface area contributed by atoms with E-state index in [2.05, 4.69) is 41.3 Å². The number of anilines is 1. The molecule has 1 aromatic carbocycles. The van der Waals surface area contributed by atoms with Gasteiger partial charge in [-0.2, -0.15) is 5.10 Å². The van der Waals surface area contributed by atoms with Crippen molar-refractivity contribution in [3.05, 3.63) is 46.6 Å². The number of phenols is 1. The summed E-state index contributed by atoms with van der Waals surface area (Å²) in [7, 11) is 0. The first-order chi connectivity index (χ1) is 13.9. The molecule has 1 atom stereocenters. The van der Waals surface area contributed by atoms with Crippen LogP contribution in [0.3, 0.4) is 0 Å². The lowest BCUT2D eigenvalue weighted by Crippen LogP contribution is -2.28. The lowest BCUT2D eigenvalue weighted by atomic mass is 9.69. The molecule has 29 heavy (non-hydrogen) atoms. The standard InChI is InChI=1S/C23H28N4OS/c1-5-23(3,4)16-9-10-19-18(12-16)20-21(24-13-25-22(20)29-19)27-26-14(2)15-7-6-8-17(28)11-15/h6-8,11,13,16,28H,5,9-10,12H2,1-4H3,(H,24,25,27)/b26-14-/t16-/m0/s1. The van der Waals surface area contributed by atoms with E-state index in [1.165, 1.54) is 23.3 Å². The first-order valence-electron chi connectivity index (χ1n) is 10.2. The third-order valence-corrected chi connectivity index (χ3v) is 7.65. The fourth-order valence-corrected chi connectivity index (χ4v) is 5.26. The van der Waals surface area contributed by atoms with Crippen LogP contribution in [0.5, 0.6) is 5.75 Å². The minimum atomic E-state index is 0.234. The number of nitrogens with zero attached hydrogens (tertiary/aromatic N) is 3. The average Bonchev–Trinajstić information content (AvgIpc) is 3.10. The second kappa shape index (κ2) is 7.75. The van der Waals surface area contributed by atoms with Gasteiger partial charge in [-0.25, -0.2) is 9.97 Å². The van der Waals surface area contributed by atoms with Crippen LogP contribution in [-0.2, 0) is 12.8 Å². The summed E-state index contributed by atoms with van der Waals surface area (Å²) in [6, 6.07) is 7.11. The summed E-state index contributed by atoms with van der Waals surface area (Å²) in [6.45, 7) is 8.98. The van der Waals surface area contributed by atoms with Crippen LogP contribution in [0.25, 0.3) is 10.2 Å². The largest absolute Gasteiger partial charge is 0.508 e. The number of fused-ring (bicyclic) bond motifs is 3. The van der Waals surface area contributed by atoms with Crippen LogP contribution in [0.2, 0.25) is 0 Å². The molecule has 0 saturated heterocycles. The Morgan fingerprint density at radius 3 is 2.93 bits per heavy atom. The van der Waals surface area contributed by atoms with Crippen molar-refractivity contribution in [2.24, 2.45) is 16.4 Å². The van der Waals surface area contributed by atoms with Gasteiger partial charge in [0.25, 0.3) is 0 Å². The predicted molar refractivity (Wildman–Crippen MR) is 121 cm³/mol. The topological polar surface area (TPSA) is 70.4 Å². The van der Waals surface area contributed by atoms with E-state index in [0.717, 1.165) is 40.2 Å². The predicted octanol–water partition coefficient (Wildman–Crippen LogP) is 5.77. The van der Waals surface area contributed by atoms with Gasteiger partial charge in [0.05, 0.1) is 11.1 Å². The van der Waals surface area contributed by atoms with Gasteiger partial charge < -0.3 is 5.11 Å². The molecule has 2 heterocycles. The van der Waals surface area contributed by atoms with Crippen molar-refractivity contribution in [2.45, 2.75) is 53.4 Å². The number of hydrogen-bond acceptors (Lipinski definition) is 6. The third-order valence-electron chi connectivity index (χ3n) is 6.45. The fraction of sp³-hybridized carbons (Fsp3) is 0.435. The van der Waals surface area contributed by atoms with Crippen molar-refractivity contribution in [2.75, 3.05) is 5.43 Å². The molecule has 2 N–H and O–H groups in total. The maximum Gasteiger partial charge on any atom is 0.158 e. The third kappa shape index (κ3) is 3.86. The Morgan fingerprint density at radius 1 is 1.34 bits per heavy atom. The summed E-state index contributed by atoms with van der Waals surface area (Å²) >= 11 is 1.79. The van der Waals surface area contributed by atoms with Gasteiger partial charge >= 0.3 is 0 Å². The quantitative estimate of drug-likeness (QED) is 0.415. The van der Waals surface area contributed by atoms with Crippen LogP contribution in [0.1, 0.15) is 56.5 Å². The summed E-state index contributed by atoms with van der Waals surface area (Å²) in [5, 5.41) is 15.4. The Kier molecular flexibility index (Phi) is 5.30. The molecule has 0 aliphatic heterocycles. The molecular formula is C23H28N4OS. The molecule has 0 fully saturated rings. The van der Waals surface area contributed by atoms with Crippen LogP contribution in [0.15, 0.2) is 35.7 Å². The van der Waals surface area contributed by atoms with Gasteiger partial charge in [-0.05, 0) is 55.2 Å². The van der Waals surface area contributed by atoms with Crippen LogP contribution in [-0.4, -0.2) is 20.8 Å². The molecule has 0 saturated carbocycles. The van der Waals surface area contributed by atoms with E-state index in [0.29, 0.717) is 11.3 Å². The number of rotatable bonds is 5. The number of aryl methyl sites for hydroxylation is 1. The van der Waals surface area contributed by atoms with Crippen molar-refractivity contribution >= 4 is 33.1 Å². The van der Waals surface area contributed by atoms with E-state index in [1.807, 2.05) is 19.1 Å². The number of aromatic nitrogens is 2. The number of hydrazone groups is 1. The zero-order valence-electron chi connectivity index (χ0n) is 17.5. The van der Waals surface area contributed by atoms with Crippen LogP contribution < -0.4 is 5.43 Å². The number of hydrogen-bond donors (Lipinski definition) is 2. The maximum atomic E-state index is 9.71. The summed E-state index contributed by atoms with van der Waals surface area (Å²) in [5.74, 6) is 1.67. The normalized spacial score (nSPS) is 17.4. The number of benzene rings is 1. The maximum absolute atomic E-state index is 9.71. The molecule has 6 heteroatoms. The lowest BCUT2D eigenvalue weighted by Gasteiger charge is -2.36. The molecule has 0 unspecified atom stereocenters. The van der Waals surface area contributed by atoms with Gasteiger partial charge in [-0.3, -0.25) is 5.43 Å². The Bertz CT molecular complexity index is 1070. The molecule has 1 aliphatic rings. The SMILES string of the molecule is CCC(C)(C)[C@H]1CCc2sc3ncnc(N/N=C(/C)c4cccc(O)c4)c3c2C1. The van der Waals surface area contributed by atoms with Crippen molar-refractivity contribution in [3.8, 4) is 5.75 Å². The first-order valence-corrected chi connectivity index (χ1v) is 11.1. The van der Waals surface area contributed by atoms with E-state index in [1.54, 1.807) is 29.8 Å². The monoisotopic (exact) mass is 408 g/mol. The number of nitrogens with one attached hydrogen (secondary N) is 1. The molecule has 4 rings (SSSR count). The number of phenolic OH excluding ortho intramolecular Hbond substituents is 1. The minimum Gasteiger partial charge on any atom is -0.508 e. The molecule has 0 bridgehead atoms. The fourth-order valence-electron chi connectivity index (χ4n) is 4.08. The zero-order chi connectivity index (χ0) is 20.6. The van der Waals surface area contributed by atoms with E-state index in [9.17, 15) is 5.11 Å². The van der Waals surface area contributed by atoms with Gasteiger partial charge in [0.2, 0.25) is 0 Å². The molecule has 1 aliphatic carbocycles. The first kappa shape index (κ1) is 19.8. The summed E-state index contributed by atoms with van der Waals surface area (Å²) in [6.07, 6.45) is 6.23. The highest BCUT2D eigenvalue weighted by Crippen LogP contribution is 2.45. The van der Waals surface area contributed by atoms with Crippen LogP contribution >= 0.6 is 11.3 Å². The van der Waals surface area contributed by atoms with Crippen LogP contribution in [0.4, 0.5) is 5.82 Å². The van der Waals surface area contributed by atoms with E-state index < -0.39 is 0 Å². The molecule has 5 nitrogen and oxygen atoms in total. The summed E-state index contributed by atoms with van der Waals surface area (Å²) in [4.78, 5) is 11.5. The van der Waals surface area contributed by atoms with Gasteiger partial charge in [0.1, 0.15) is 16.9 Å². The summed E-state index contributed by atoms with van der Waals surface area (Å²) < 4.78 is 0. The Hall–Kier alpha value is -2.47. The molecule has 3 aromatic rings. The molecule has 0 spiro atoms. The van der Waals surface area contributed by atoms with Crippen molar-refractivity contribution in [1.29, 1.82) is 0 Å². The average molecular weight is 409 g/mol. The van der Waals surface area contributed by atoms with Gasteiger partial charge in [0.15, 0.2) is 5.82 Å². The molecular weight excluding hydrogens is 380 g/mol. The second-order valence-corrected chi connectivity index (χ2v) is 9.63. The van der Waals surface area contributed by atoms with Gasteiger partial charge in [-0.1, -0.05) is 39.3 Å². The minimum absolute atomic E-state index is 0.234. The van der Waals surface area contributed by atoms with Crippen molar-refractivity contribution in [1.82, 2.24) is 9.97 Å². The van der Waals surface area contributed by atoms with Gasteiger partial charge in [-0.15, -0.1) is 11.3 Å².